The van der Waals surface area contributed by atoms with Crippen LogP contribution in [0.4, 0.5) is 0 Å². The van der Waals surface area contributed by atoms with Crippen LogP contribution in [0.1, 0.15) is 65.7 Å². The molecule has 0 aromatic rings. The Morgan fingerprint density at radius 2 is 1.97 bits per heavy atom. The first-order chi connectivity index (χ1) is 13.7. The Bertz CT molecular complexity index is 680. The Balaban J connectivity index is 1.61. The number of ketones is 1. The van der Waals surface area contributed by atoms with Crippen molar-refractivity contribution in [2.75, 3.05) is 13.2 Å². The molecule has 0 bridgehead atoms. The number of nitrogens with two attached hydrogens (primary N) is 1. The van der Waals surface area contributed by atoms with Crippen LogP contribution >= 0.6 is 0 Å². The van der Waals surface area contributed by atoms with Crippen LogP contribution in [0.25, 0.3) is 0 Å². The molecule has 6 heteroatoms. The van der Waals surface area contributed by atoms with E-state index in [0.717, 1.165) is 44.2 Å². The zero-order valence-electron chi connectivity index (χ0n) is 18.1. The molecule has 2 unspecified atom stereocenters. The molecule has 0 aromatic carbocycles. The predicted octanol–water partition coefficient (Wildman–Crippen LogP) is 2.51. The largest absolute Gasteiger partial charge is 0.396 e. The summed E-state index contributed by atoms with van der Waals surface area (Å²) in [4.78, 5) is 18.1. The monoisotopic (exact) mass is 406 g/mol. The molecule has 0 spiro atoms. The minimum Gasteiger partial charge on any atom is -0.396 e. The number of rotatable bonds is 4. The van der Waals surface area contributed by atoms with Gasteiger partial charge in [-0.15, -0.1) is 0 Å². The van der Waals surface area contributed by atoms with Crippen LogP contribution < -0.4 is 5.73 Å². The van der Waals surface area contributed by atoms with Crippen LogP contribution in [0.15, 0.2) is 5.16 Å². The number of oxime groups is 1. The second-order valence-electron chi connectivity index (χ2n) is 10.8. The van der Waals surface area contributed by atoms with Gasteiger partial charge in [-0.1, -0.05) is 19.0 Å². The molecule has 164 valence electrons. The third-order valence-electron chi connectivity index (χ3n) is 9.24. The van der Waals surface area contributed by atoms with Crippen molar-refractivity contribution >= 4 is 11.5 Å². The quantitative estimate of drug-likeness (QED) is 0.622. The van der Waals surface area contributed by atoms with E-state index in [2.05, 4.69) is 19.0 Å². The fraction of sp³-hybridized carbons (Fsp3) is 0.913. The molecule has 4 rings (SSSR count). The van der Waals surface area contributed by atoms with Crippen molar-refractivity contribution in [3.63, 3.8) is 0 Å². The molecule has 0 saturated heterocycles. The van der Waals surface area contributed by atoms with Crippen LogP contribution in [0.2, 0.25) is 0 Å². The molecule has 4 fully saturated rings. The fourth-order valence-corrected chi connectivity index (χ4v) is 7.59. The lowest BCUT2D eigenvalue weighted by Gasteiger charge is -2.63. The Kier molecular flexibility index (Phi) is 5.58. The van der Waals surface area contributed by atoms with Crippen LogP contribution in [-0.4, -0.2) is 47.1 Å². The Morgan fingerprint density at radius 1 is 1.21 bits per heavy atom. The van der Waals surface area contributed by atoms with Gasteiger partial charge < -0.3 is 20.8 Å². The SMILES string of the molecule is CC(N)CO/N=C1/CC[C@@]2(C)C(C1)[C@@H](CO)[C@@H](O)[C@@H]1[C@@H]2CC[C@]2(C)C(=O)CC[C@@H]12. The van der Waals surface area contributed by atoms with Crippen molar-refractivity contribution in [3.05, 3.63) is 0 Å². The van der Waals surface area contributed by atoms with Crippen molar-refractivity contribution in [1.82, 2.24) is 0 Å². The topological polar surface area (TPSA) is 105 Å². The summed E-state index contributed by atoms with van der Waals surface area (Å²) in [5, 5.41) is 26.1. The molecular weight excluding hydrogens is 368 g/mol. The maximum Gasteiger partial charge on any atom is 0.139 e. The highest BCUT2D eigenvalue weighted by atomic mass is 16.6. The van der Waals surface area contributed by atoms with E-state index in [1.54, 1.807) is 0 Å². The first kappa shape index (κ1) is 21.3. The number of carbonyl (C=O) groups excluding carboxylic acids is 1. The van der Waals surface area contributed by atoms with Crippen molar-refractivity contribution in [3.8, 4) is 0 Å². The third-order valence-corrected chi connectivity index (χ3v) is 9.24. The average Bonchev–Trinajstić information content (AvgIpc) is 2.98. The van der Waals surface area contributed by atoms with Crippen molar-refractivity contribution < 1.29 is 19.8 Å². The number of nitrogens with zero attached hydrogens (tertiary/aromatic N) is 1. The number of carbonyl (C=O) groups is 1. The molecule has 4 aliphatic rings. The minimum absolute atomic E-state index is 0.0179. The van der Waals surface area contributed by atoms with E-state index in [-0.39, 0.29) is 47.2 Å². The van der Waals surface area contributed by atoms with Crippen molar-refractivity contribution in [2.24, 2.45) is 51.3 Å². The lowest BCUT2D eigenvalue weighted by atomic mass is 9.42. The van der Waals surface area contributed by atoms with Gasteiger partial charge in [-0.2, -0.15) is 0 Å². The number of Topliss-reactive ketones (excluding diaryl/α,β-unsaturated/α-hetero) is 1. The number of aliphatic hydroxyl groups is 2. The average molecular weight is 407 g/mol. The van der Waals surface area contributed by atoms with E-state index >= 15 is 0 Å². The Hall–Kier alpha value is -0.980. The van der Waals surface area contributed by atoms with Crippen LogP contribution in [0.5, 0.6) is 0 Å². The van der Waals surface area contributed by atoms with Crippen LogP contribution in [-0.2, 0) is 9.63 Å². The van der Waals surface area contributed by atoms with Crippen LogP contribution in [0, 0.1) is 40.4 Å². The molecule has 0 amide bonds. The highest BCUT2D eigenvalue weighted by molar-refractivity contribution is 5.87. The van der Waals surface area contributed by atoms with Gasteiger partial charge in [0, 0.05) is 30.4 Å². The molecule has 0 heterocycles. The summed E-state index contributed by atoms with van der Waals surface area (Å²) in [7, 11) is 0. The van der Waals surface area contributed by atoms with Gasteiger partial charge in [0.15, 0.2) is 0 Å². The van der Waals surface area contributed by atoms with E-state index in [0.29, 0.717) is 24.7 Å². The summed E-state index contributed by atoms with van der Waals surface area (Å²) >= 11 is 0. The van der Waals surface area contributed by atoms with Gasteiger partial charge >= 0.3 is 0 Å². The number of fused-ring (bicyclic) bond motifs is 5. The van der Waals surface area contributed by atoms with Crippen molar-refractivity contribution in [1.29, 1.82) is 0 Å². The summed E-state index contributed by atoms with van der Waals surface area (Å²) in [5.74, 6) is 1.17. The standard InChI is InChI=1S/C23H38N2O4/c1-13(24)12-29-25-14-6-8-22(2)17-7-9-23(3)16(4-5-19(23)27)20(17)21(28)15(11-26)18(22)10-14/h13,15-18,20-21,26,28H,4-12,24H2,1-3H3/b25-14-/t13?,15-,16+,17+,18?,20+,21-,22-,23+/m1/s1. The molecule has 4 N–H and O–H groups in total. The first-order valence-electron chi connectivity index (χ1n) is 11.5. The smallest absolute Gasteiger partial charge is 0.139 e. The summed E-state index contributed by atoms with van der Waals surface area (Å²) in [6.07, 6.45) is 5.59. The highest BCUT2D eigenvalue weighted by Crippen LogP contribution is 2.66. The number of aliphatic hydroxyl groups excluding tert-OH is 2. The normalized spacial score (nSPS) is 49.3. The summed E-state index contributed by atoms with van der Waals surface area (Å²) in [5.41, 5.74) is 6.55. The van der Waals surface area contributed by atoms with Gasteiger partial charge in [-0.3, -0.25) is 4.79 Å². The highest BCUT2D eigenvalue weighted by Gasteiger charge is 2.64. The minimum atomic E-state index is -0.553. The van der Waals surface area contributed by atoms with Gasteiger partial charge in [-0.05, 0) is 74.5 Å². The maximum atomic E-state index is 12.6. The predicted molar refractivity (Wildman–Crippen MR) is 111 cm³/mol. The Labute approximate surface area is 174 Å². The number of hydrogen-bond acceptors (Lipinski definition) is 6. The molecule has 0 aliphatic heterocycles. The lowest BCUT2D eigenvalue weighted by molar-refractivity contribution is -0.188. The zero-order chi connectivity index (χ0) is 21.0. The molecule has 9 atom stereocenters. The zero-order valence-corrected chi connectivity index (χ0v) is 18.1. The summed E-state index contributed by atoms with van der Waals surface area (Å²) < 4.78 is 0. The maximum absolute atomic E-state index is 12.6. The second kappa shape index (κ2) is 7.61. The molecule has 6 nitrogen and oxygen atoms in total. The molecule has 0 radical (unpaired) electrons. The summed E-state index contributed by atoms with van der Waals surface area (Å²) in [6, 6.07) is -0.0543. The molecule has 29 heavy (non-hydrogen) atoms. The van der Waals surface area contributed by atoms with E-state index in [1.807, 2.05) is 6.92 Å². The van der Waals surface area contributed by atoms with E-state index in [1.165, 1.54) is 0 Å². The van der Waals surface area contributed by atoms with Gasteiger partial charge in [0.2, 0.25) is 0 Å². The van der Waals surface area contributed by atoms with Gasteiger partial charge in [0.25, 0.3) is 0 Å². The second-order valence-corrected chi connectivity index (χ2v) is 10.8. The van der Waals surface area contributed by atoms with E-state index < -0.39 is 6.10 Å². The van der Waals surface area contributed by atoms with E-state index in [9.17, 15) is 15.0 Å². The first-order valence-corrected chi connectivity index (χ1v) is 11.5. The third kappa shape index (κ3) is 3.26. The fourth-order valence-electron chi connectivity index (χ4n) is 7.59. The van der Waals surface area contributed by atoms with Crippen molar-refractivity contribution in [2.45, 2.75) is 77.9 Å². The van der Waals surface area contributed by atoms with Gasteiger partial charge in [0.05, 0.1) is 11.8 Å². The molecule has 4 saturated carbocycles. The molecule has 0 aromatic heterocycles. The van der Waals surface area contributed by atoms with Gasteiger partial charge in [0.1, 0.15) is 12.4 Å². The number of hydrogen-bond donors (Lipinski definition) is 3. The summed E-state index contributed by atoms with van der Waals surface area (Å²) in [6.45, 7) is 6.76. The lowest BCUT2D eigenvalue weighted by Crippen LogP contribution is -2.62. The Morgan fingerprint density at radius 3 is 2.66 bits per heavy atom. The van der Waals surface area contributed by atoms with Crippen LogP contribution in [0.3, 0.4) is 0 Å². The molecular formula is C23H38N2O4. The van der Waals surface area contributed by atoms with E-state index in [4.69, 9.17) is 10.6 Å². The van der Waals surface area contributed by atoms with Gasteiger partial charge in [-0.25, -0.2) is 0 Å². The molecule has 4 aliphatic carbocycles.